The molecule has 220 valence electrons. The molecule has 15 heteroatoms. The van der Waals surface area contributed by atoms with Crippen molar-refractivity contribution < 1.29 is 41.9 Å². The van der Waals surface area contributed by atoms with Crippen LogP contribution >= 0.6 is 19.4 Å². The summed E-state index contributed by atoms with van der Waals surface area (Å²) in [6, 6.07) is 9.94. The maximum atomic E-state index is 14.9. The van der Waals surface area contributed by atoms with Crippen molar-refractivity contribution in [2.24, 2.45) is 0 Å². The van der Waals surface area contributed by atoms with Crippen molar-refractivity contribution in [3.8, 4) is 22.9 Å². The summed E-state index contributed by atoms with van der Waals surface area (Å²) in [5.74, 6) is -2.45. The summed E-state index contributed by atoms with van der Waals surface area (Å²) in [6.45, 7) is 1.02. The Balaban J connectivity index is 1.64. The van der Waals surface area contributed by atoms with Crippen molar-refractivity contribution in [2.45, 2.75) is 20.0 Å². The number of nitrogen functional groups attached to an aromatic ring is 1. The van der Waals surface area contributed by atoms with Gasteiger partial charge in [-0.05, 0) is 48.9 Å². The molecule has 0 bridgehead atoms. The van der Waals surface area contributed by atoms with Crippen LogP contribution in [0.1, 0.15) is 28.4 Å². The minimum atomic E-state index is -4.89. The number of nitrogens with two attached hydrogens (primary N) is 1. The summed E-state index contributed by atoms with van der Waals surface area (Å²) < 4.78 is 56.6. The van der Waals surface area contributed by atoms with E-state index in [2.05, 4.69) is 9.51 Å². The summed E-state index contributed by atoms with van der Waals surface area (Å²) in [7, 11) is -4.89. The predicted molar refractivity (Wildman–Crippen MR) is 148 cm³/mol. The molecule has 0 aliphatic heterocycles. The third-order valence-corrected chi connectivity index (χ3v) is 6.64. The number of Topliss-reactive ketones (excluding diaryl/α,β-unsaturated/α-hetero) is 1. The number of anilines is 1. The maximum Gasteiger partial charge on any atom is 0.469 e. The molecule has 0 amide bonds. The highest BCUT2D eigenvalue weighted by Gasteiger charge is 2.22. The number of ketones is 1. The number of hydrogen-bond donors (Lipinski definition) is 3. The molecule has 0 atom stereocenters. The van der Waals surface area contributed by atoms with E-state index in [4.69, 9.17) is 36.6 Å². The number of pyridine rings is 2. The van der Waals surface area contributed by atoms with Crippen molar-refractivity contribution in [1.29, 1.82) is 0 Å². The topological polar surface area (TPSA) is 163 Å². The first-order valence-corrected chi connectivity index (χ1v) is 14.1. The molecule has 0 unspecified atom stereocenters. The van der Waals surface area contributed by atoms with Crippen molar-refractivity contribution in [3.63, 3.8) is 0 Å². The Morgan fingerprint density at radius 3 is 2.52 bits per heavy atom. The molecule has 4 N–H and O–H groups in total. The number of nitrogens with zero attached hydrogens (tertiary/aromatic N) is 2. The zero-order chi connectivity index (χ0) is 30.6. The van der Waals surface area contributed by atoms with E-state index in [1.54, 1.807) is 6.92 Å². The normalized spacial score (nSPS) is 11.4. The van der Waals surface area contributed by atoms with E-state index >= 15 is 0 Å². The summed E-state index contributed by atoms with van der Waals surface area (Å²) in [4.78, 5) is 48.5. The standard InChI is InChI=1S/C27H23ClF2N3O8P/c1-2-39-22-8-10-33(17-4-5-18(29)16(13-17)14-40-42(36,37)38)27(35)24(22)20(34)12-15-3-6-21(19(30)11-15)41-23-7-9-32-26(31)25(23)28/h3-11,13H,2,12,14H2,1H3,(H2,31,32)(H2,36,37,38). The van der Waals surface area contributed by atoms with Gasteiger partial charge in [0.25, 0.3) is 5.56 Å². The Labute approximate surface area is 242 Å². The van der Waals surface area contributed by atoms with Crippen LogP contribution in [0.25, 0.3) is 5.69 Å². The highest BCUT2D eigenvalue weighted by molar-refractivity contribution is 7.46. The number of ether oxygens (including phenoxy) is 2. The van der Waals surface area contributed by atoms with Crippen LogP contribution in [0.3, 0.4) is 0 Å². The van der Waals surface area contributed by atoms with Crippen LogP contribution in [0.4, 0.5) is 14.6 Å². The molecular formula is C27H23ClF2N3O8P. The summed E-state index contributed by atoms with van der Waals surface area (Å²) in [5, 5.41) is 0.00237. The molecule has 2 aromatic carbocycles. The Hall–Kier alpha value is -4.13. The first-order valence-electron chi connectivity index (χ1n) is 12.1. The minimum absolute atomic E-state index is 0.00161. The largest absolute Gasteiger partial charge is 0.493 e. The zero-order valence-corrected chi connectivity index (χ0v) is 23.4. The molecule has 2 heterocycles. The van der Waals surface area contributed by atoms with Crippen LogP contribution in [0, 0.1) is 11.6 Å². The Morgan fingerprint density at radius 1 is 1.07 bits per heavy atom. The van der Waals surface area contributed by atoms with Gasteiger partial charge < -0.3 is 25.0 Å². The lowest BCUT2D eigenvalue weighted by molar-refractivity contribution is 0.0987. The summed E-state index contributed by atoms with van der Waals surface area (Å²) in [5.41, 5.74) is 4.56. The van der Waals surface area contributed by atoms with Crippen LogP contribution in [0.15, 0.2) is 65.7 Å². The second-order valence-electron chi connectivity index (χ2n) is 8.68. The van der Waals surface area contributed by atoms with E-state index in [1.165, 1.54) is 42.7 Å². The van der Waals surface area contributed by atoms with Gasteiger partial charge in [-0.2, -0.15) is 0 Å². The molecular weight excluding hydrogens is 599 g/mol. The fourth-order valence-electron chi connectivity index (χ4n) is 3.88. The number of carbonyl (C=O) groups excluding carboxylic acids is 1. The summed E-state index contributed by atoms with van der Waals surface area (Å²) >= 11 is 6.05. The lowest BCUT2D eigenvalue weighted by Crippen LogP contribution is -2.27. The van der Waals surface area contributed by atoms with E-state index in [0.29, 0.717) is 0 Å². The van der Waals surface area contributed by atoms with Gasteiger partial charge in [0.2, 0.25) is 0 Å². The first kappa shape index (κ1) is 30.8. The predicted octanol–water partition coefficient (Wildman–Crippen LogP) is 4.97. The summed E-state index contributed by atoms with van der Waals surface area (Å²) in [6.07, 6.45) is 2.25. The SMILES string of the molecule is CCOc1ccn(-c2ccc(F)c(COP(=O)(O)O)c2)c(=O)c1C(=O)Cc1ccc(Oc2ccnc(N)c2Cl)c(F)c1. The molecule has 0 aliphatic carbocycles. The second kappa shape index (κ2) is 12.8. The van der Waals surface area contributed by atoms with Crippen LogP contribution < -0.4 is 20.8 Å². The van der Waals surface area contributed by atoms with Gasteiger partial charge in [-0.15, -0.1) is 0 Å². The van der Waals surface area contributed by atoms with Crippen molar-refractivity contribution in [1.82, 2.24) is 9.55 Å². The van der Waals surface area contributed by atoms with Gasteiger partial charge in [-0.1, -0.05) is 17.7 Å². The smallest absolute Gasteiger partial charge is 0.469 e. The van der Waals surface area contributed by atoms with Gasteiger partial charge in [-0.3, -0.25) is 18.7 Å². The minimum Gasteiger partial charge on any atom is -0.493 e. The quantitative estimate of drug-likeness (QED) is 0.154. The Bertz CT molecular complexity index is 1760. The van der Waals surface area contributed by atoms with Gasteiger partial charge in [0.15, 0.2) is 23.1 Å². The van der Waals surface area contributed by atoms with Crippen molar-refractivity contribution in [3.05, 3.63) is 105 Å². The molecule has 4 aromatic rings. The number of benzene rings is 2. The number of carbonyl (C=O) groups is 1. The lowest BCUT2D eigenvalue weighted by Gasteiger charge is -2.14. The van der Waals surface area contributed by atoms with E-state index in [-0.39, 0.29) is 63.5 Å². The van der Waals surface area contributed by atoms with E-state index in [0.717, 1.165) is 22.8 Å². The number of rotatable bonds is 11. The molecule has 42 heavy (non-hydrogen) atoms. The average molecular weight is 622 g/mol. The van der Waals surface area contributed by atoms with Gasteiger partial charge in [0.1, 0.15) is 28.0 Å². The van der Waals surface area contributed by atoms with Gasteiger partial charge in [-0.25, -0.2) is 18.3 Å². The highest BCUT2D eigenvalue weighted by Crippen LogP contribution is 2.37. The van der Waals surface area contributed by atoms with Gasteiger partial charge >= 0.3 is 7.82 Å². The third-order valence-electron chi connectivity index (χ3n) is 5.79. The number of phosphoric ester groups is 1. The van der Waals surface area contributed by atoms with Crippen LogP contribution in [0.5, 0.6) is 17.2 Å². The lowest BCUT2D eigenvalue weighted by atomic mass is 10.0. The number of aromatic nitrogens is 2. The number of hydrogen-bond acceptors (Lipinski definition) is 8. The molecule has 0 saturated carbocycles. The molecule has 0 fully saturated rings. The van der Waals surface area contributed by atoms with Crippen LogP contribution in [0.2, 0.25) is 5.02 Å². The third kappa shape index (κ3) is 7.19. The van der Waals surface area contributed by atoms with Crippen LogP contribution in [-0.4, -0.2) is 31.7 Å². The van der Waals surface area contributed by atoms with Gasteiger partial charge in [0, 0.05) is 36.1 Å². The van der Waals surface area contributed by atoms with E-state index in [9.17, 15) is 22.9 Å². The molecule has 2 aromatic heterocycles. The molecule has 0 spiro atoms. The van der Waals surface area contributed by atoms with Crippen LogP contribution in [-0.2, 0) is 22.1 Å². The zero-order valence-electron chi connectivity index (χ0n) is 21.8. The molecule has 11 nitrogen and oxygen atoms in total. The molecule has 4 rings (SSSR count). The van der Waals surface area contributed by atoms with Crippen molar-refractivity contribution >= 4 is 31.0 Å². The number of halogens is 3. The fourth-order valence-corrected chi connectivity index (χ4v) is 4.34. The Morgan fingerprint density at radius 2 is 1.83 bits per heavy atom. The average Bonchev–Trinajstić information content (AvgIpc) is 2.92. The van der Waals surface area contributed by atoms with Gasteiger partial charge in [0.05, 0.1) is 13.2 Å². The second-order valence-corrected chi connectivity index (χ2v) is 10.3. The van der Waals surface area contributed by atoms with Crippen molar-refractivity contribution in [2.75, 3.05) is 12.3 Å². The van der Waals surface area contributed by atoms with E-state index in [1.807, 2.05) is 0 Å². The monoisotopic (exact) mass is 621 g/mol. The van der Waals surface area contributed by atoms with E-state index < -0.39 is 37.4 Å². The first-order chi connectivity index (χ1) is 19.9. The highest BCUT2D eigenvalue weighted by atomic mass is 35.5. The fraction of sp³-hybridized carbons (Fsp3) is 0.148. The molecule has 0 saturated heterocycles. The molecule has 0 aliphatic rings. The Kier molecular flexibility index (Phi) is 9.40. The molecule has 0 radical (unpaired) electrons. The number of phosphoric acid groups is 1. The maximum absolute atomic E-state index is 14.9.